The molecular formula is C15H25BrN2S. The van der Waals surface area contributed by atoms with Crippen LogP contribution in [0.3, 0.4) is 0 Å². The summed E-state index contributed by atoms with van der Waals surface area (Å²) in [7, 11) is 2.21. The average molecular weight is 345 g/mol. The molecular weight excluding hydrogens is 320 g/mol. The molecule has 0 atom stereocenters. The Bertz CT molecular complexity index is 359. The lowest BCUT2D eigenvalue weighted by Gasteiger charge is -2.20. The molecule has 1 aliphatic carbocycles. The molecule has 4 heteroatoms. The molecule has 0 amide bonds. The van der Waals surface area contributed by atoms with Crippen LogP contribution >= 0.6 is 27.3 Å². The Balaban J connectivity index is 1.61. The maximum absolute atomic E-state index is 3.74. The van der Waals surface area contributed by atoms with Gasteiger partial charge in [0.2, 0.25) is 0 Å². The van der Waals surface area contributed by atoms with Gasteiger partial charge in [-0.05, 0) is 41.9 Å². The molecule has 1 aliphatic rings. The molecule has 1 heterocycles. The van der Waals surface area contributed by atoms with Crippen LogP contribution in [0.4, 0.5) is 0 Å². The Morgan fingerprint density at radius 2 is 2.05 bits per heavy atom. The molecule has 1 aromatic rings. The molecule has 2 rings (SSSR count). The van der Waals surface area contributed by atoms with Crippen molar-refractivity contribution in [3.05, 3.63) is 20.8 Å². The lowest BCUT2D eigenvalue weighted by molar-refractivity contribution is 0.314. The monoisotopic (exact) mass is 344 g/mol. The van der Waals surface area contributed by atoms with Gasteiger partial charge in [0, 0.05) is 40.4 Å². The summed E-state index contributed by atoms with van der Waals surface area (Å²) in [6, 6.07) is 2.99. The van der Waals surface area contributed by atoms with Crippen LogP contribution in [0.5, 0.6) is 0 Å². The van der Waals surface area contributed by atoms with Crippen LogP contribution < -0.4 is 5.32 Å². The van der Waals surface area contributed by atoms with Gasteiger partial charge in [0.15, 0.2) is 0 Å². The topological polar surface area (TPSA) is 15.3 Å². The highest BCUT2D eigenvalue weighted by Gasteiger charge is 2.11. The summed E-state index contributed by atoms with van der Waals surface area (Å²) in [5.41, 5.74) is 0. The van der Waals surface area contributed by atoms with Crippen molar-refractivity contribution in [3.8, 4) is 0 Å². The third-order valence-electron chi connectivity index (χ3n) is 3.83. The smallest absolute Gasteiger partial charge is 0.0325 e. The third-order valence-corrected chi connectivity index (χ3v) is 5.51. The minimum absolute atomic E-state index is 0.770. The molecule has 2 nitrogen and oxygen atoms in total. The molecule has 19 heavy (non-hydrogen) atoms. The second-order valence-corrected chi connectivity index (χ2v) is 7.52. The van der Waals surface area contributed by atoms with E-state index in [2.05, 4.69) is 44.6 Å². The Hall–Kier alpha value is 0.1000. The molecule has 1 saturated carbocycles. The number of hydrogen-bond donors (Lipinski definition) is 1. The van der Waals surface area contributed by atoms with Crippen LogP contribution in [0.1, 0.15) is 43.4 Å². The van der Waals surface area contributed by atoms with Crippen molar-refractivity contribution in [2.75, 3.05) is 20.1 Å². The summed E-state index contributed by atoms with van der Waals surface area (Å²) >= 11 is 5.35. The van der Waals surface area contributed by atoms with E-state index in [0.29, 0.717) is 0 Å². The predicted molar refractivity (Wildman–Crippen MR) is 87.8 cm³/mol. The van der Waals surface area contributed by atoms with Crippen LogP contribution in [-0.2, 0) is 6.54 Å². The van der Waals surface area contributed by atoms with Gasteiger partial charge >= 0.3 is 0 Å². The maximum atomic E-state index is 3.74. The van der Waals surface area contributed by atoms with Crippen molar-refractivity contribution >= 4 is 27.3 Å². The predicted octanol–water partition coefficient (Wildman–Crippen LogP) is 4.25. The lowest BCUT2D eigenvalue weighted by atomic mass is 10.1. The van der Waals surface area contributed by atoms with Crippen LogP contribution in [0.25, 0.3) is 0 Å². The van der Waals surface area contributed by atoms with Crippen molar-refractivity contribution in [3.63, 3.8) is 0 Å². The standard InChI is InChI=1S/C15H25BrN2S/c1-18(11-15-10-13(16)12-19-15)9-8-17-14-6-4-2-3-5-7-14/h10,12,14,17H,2-9,11H2,1H3. The zero-order valence-electron chi connectivity index (χ0n) is 11.8. The van der Waals surface area contributed by atoms with Crippen molar-refractivity contribution < 1.29 is 0 Å². The van der Waals surface area contributed by atoms with E-state index in [9.17, 15) is 0 Å². The SMILES string of the molecule is CN(CCNC1CCCCCC1)Cc1cc(Br)cs1. The number of thiophene rings is 1. The molecule has 108 valence electrons. The molecule has 1 aromatic heterocycles. The second-order valence-electron chi connectivity index (χ2n) is 5.61. The second kappa shape index (κ2) is 8.40. The Morgan fingerprint density at radius 3 is 2.68 bits per heavy atom. The van der Waals surface area contributed by atoms with E-state index in [1.165, 1.54) is 47.9 Å². The number of rotatable bonds is 6. The van der Waals surface area contributed by atoms with E-state index in [1.807, 2.05) is 11.3 Å². The van der Waals surface area contributed by atoms with Crippen molar-refractivity contribution in [1.29, 1.82) is 0 Å². The van der Waals surface area contributed by atoms with E-state index >= 15 is 0 Å². The highest BCUT2D eigenvalue weighted by Crippen LogP contribution is 2.20. The van der Waals surface area contributed by atoms with Gasteiger partial charge in [-0.2, -0.15) is 0 Å². The molecule has 0 aliphatic heterocycles. The van der Waals surface area contributed by atoms with Gasteiger partial charge < -0.3 is 10.2 Å². The van der Waals surface area contributed by atoms with Crippen LogP contribution in [0.2, 0.25) is 0 Å². The van der Waals surface area contributed by atoms with E-state index in [0.717, 1.165) is 25.7 Å². The normalized spacial score (nSPS) is 17.8. The number of nitrogens with one attached hydrogen (secondary N) is 1. The maximum Gasteiger partial charge on any atom is 0.0325 e. The first-order valence-corrected chi connectivity index (χ1v) is 9.06. The third kappa shape index (κ3) is 5.94. The summed E-state index contributed by atoms with van der Waals surface area (Å²) in [4.78, 5) is 3.84. The summed E-state index contributed by atoms with van der Waals surface area (Å²) in [5.74, 6) is 0. The van der Waals surface area contributed by atoms with Gasteiger partial charge in [-0.25, -0.2) is 0 Å². The molecule has 0 unspecified atom stereocenters. The van der Waals surface area contributed by atoms with Gasteiger partial charge in [-0.15, -0.1) is 11.3 Å². The molecule has 1 fully saturated rings. The summed E-state index contributed by atoms with van der Waals surface area (Å²) < 4.78 is 1.21. The van der Waals surface area contributed by atoms with Crippen LogP contribution in [0.15, 0.2) is 15.9 Å². The summed E-state index contributed by atoms with van der Waals surface area (Å²) in [6.07, 6.45) is 8.45. The quantitative estimate of drug-likeness (QED) is 0.775. The number of hydrogen-bond acceptors (Lipinski definition) is 3. The fourth-order valence-corrected chi connectivity index (χ4v) is 4.25. The summed E-state index contributed by atoms with van der Waals surface area (Å²) in [6.45, 7) is 3.31. The minimum Gasteiger partial charge on any atom is -0.313 e. The molecule has 0 saturated heterocycles. The fourth-order valence-electron chi connectivity index (χ4n) is 2.72. The molecule has 0 radical (unpaired) electrons. The average Bonchev–Trinajstić information content (AvgIpc) is 2.65. The van der Waals surface area contributed by atoms with Gasteiger partial charge in [-0.1, -0.05) is 25.7 Å². The van der Waals surface area contributed by atoms with Crippen molar-refractivity contribution in [1.82, 2.24) is 10.2 Å². The van der Waals surface area contributed by atoms with Crippen LogP contribution in [-0.4, -0.2) is 31.1 Å². The van der Waals surface area contributed by atoms with Gasteiger partial charge in [0.1, 0.15) is 0 Å². The van der Waals surface area contributed by atoms with Gasteiger partial charge in [0.05, 0.1) is 0 Å². The largest absolute Gasteiger partial charge is 0.313 e. The number of halogens is 1. The van der Waals surface area contributed by atoms with Crippen LogP contribution in [0, 0.1) is 0 Å². The first-order chi connectivity index (χ1) is 9.24. The van der Waals surface area contributed by atoms with Crippen molar-refractivity contribution in [2.24, 2.45) is 0 Å². The Morgan fingerprint density at radius 1 is 1.32 bits per heavy atom. The molecule has 0 bridgehead atoms. The highest BCUT2D eigenvalue weighted by atomic mass is 79.9. The van der Waals surface area contributed by atoms with E-state index in [4.69, 9.17) is 0 Å². The highest BCUT2D eigenvalue weighted by molar-refractivity contribution is 9.10. The number of likely N-dealkylation sites (N-methyl/N-ethyl adjacent to an activating group) is 1. The number of nitrogens with zero attached hydrogens (tertiary/aromatic N) is 1. The Kier molecular flexibility index (Phi) is 6.85. The molecule has 1 N–H and O–H groups in total. The Labute approximate surface area is 129 Å². The molecule has 0 spiro atoms. The fraction of sp³-hybridized carbons (Fsp3) is 0.733. The zero-order chi connectivity index (χ0) is 13.5. The van der Waals surface area contributed by atoms with Gasteiger partial charge in [-0.3, -0.25) is 0 Å². The van der Waals surface area contributed by atoms with E-state index in [-0.39, 0.29) is 0 Å². The zero-order valence-corrected chi connectivity index (χ0v) is 14.2. The molecule has 0 aromatic carbocycles. The van der Waals surface area contributed by atoms with E-state index in [1.54, 1.807) is 0 Å². The lowest BCUT2D eigenvalue weighted by Crippen LogP contribution is -2.35. The van der Waals surface area contributed by atoms with Gasteiger partial charge in [0.25, 0.3) is 0 Å². The van der Waals surface area contributed by atoms with Crippen molar-refractivity contribution in [2.45, 2.75) is 51.1 Å². The first-order valence-electron chi connectivity index (χ1n) is 7.39. The first kappa shape index (κ1) is 15.5. The van der Waals surface area contributed by atoms with E-state index < -0.39 is 0 Å². The minimum atomic E-state index is 0.770. The summed E-state index contributed by atoms with van der Waals surface area (Å²) in [5, 5.41) is 5.90.